The van der Waals surface area contributed by atoms with Crippen molar-refractivity contribution in [1.29, 1.82) is 0 Å². The Kier molecular flexibility index (Phi) is 5.90. The molecule has 0 amide bonds. The first-order valence-corrected chi connectivity index (χ1v) is 10.8. The zero-order valence-corrected chi connectivity index (χ0v) is 17.7. The summed E-state index contributed by atoms with van der Waals surface area (Å²) in [6.45, 7) is 6.49. The number of rotatable bonds is 6. The maximum absolute atomic E-state index is 13.0. The second-order valence-electron chi connectivity index (χ2n) is 7.28. The number of ether oxygens (including phenoxy) is 1. The van der Waals surface area contributed by atoms with Crippen LogP contribution < -0.4 is 0 Å². The lowest BCUT2D eigenvalue weighted by Gasteiger charge is -2.22. The number of carbonyl (C=O) groups is 2. The van der Waals surface area contributed by atoms with Gasteiger partial charge in [-0.1, -0.05) is 22.9 Å². The van der Waals surface area contributed by atoms with Crippen molar-refractivity contribution < 1.29 is 27.3 Å². The minimum atomic E-state index is -3.96. The Bertz CT molecular complexity index is 1040. The lowest BCUT2D eigenvalue weighted by Crippen LogP contribution is -2.42. The maximum Gasteiger partial charge on any atom is 0.324 e. The molecule has 0 aliphatic carbocycles. The van der Waals surface area contributed by atoms with Crippen molar-refractivity contribution in [1.82, 2.24) is 9.46 Å². The minimum absolute atomic E-state index is 0.0244. The Morgan fingerprint density at radius 2 is 1.97 bits per heavy atom. The summed E-state index contributed by atoms with van der Waals surface area (Å²) in [5.74, 6) is -0.874. The van der Waals surface area contributed by atoms with Crippen molar-refractivity contribution >= 4 is 21.8 Å². The maximum atomic E-state index is 13.0. The first kappa shape index (κ1) is 21.2. The quantitative estimate of drug-likeness (QED) is 0.522. The molecule has 0 N–H and O–H groups in total. The van der Waals surface area contributed by atoms with Crippen LogP contribution in [0.4, 0.5) is 0 Å². The molecule has 29 heavy (non-hydrogen) atoms. The van der Waals surface area contributed by atoms with E-state index in [1.54, 1.807) is 6.07 Å². The third-order valence-corrected chi connectivity index (χ3v) is 7.20. The molecule has 2 heterocycles. The number of aromatic nitrogens is 1. The molecule has 1 aromatic heterocycles. The highest BCUT2D eigenvalue weighted by molar-refractivity contribution is 7.89. The third kappa shape index (κ3) is 4.11. The largest absolute Gasteiger partial charge is 0.456 e. The molecule has 1 fully saturated rings. The first-order valence-electron chi connectivity index (χ1n) is 9.34. The third-order valence-electron chi connectivity index (χ3n) is 5.05. The van der Waals surface area contributed by atoms with Crippen LogP contribution in [0.5, 0.6) is 0 Å². The summed E-state index contributed by atoms with van der Waals surface area (Å²) in [6.07, 6.45) is 0.854. The SMILES string of the molecule is Cc1ccc(C)c(C(=O)COC(=O)[C@@H]2CCCN2S(=O)(=O)c2c(C)noc2C)c1. The molecule has 1 aliphatic rings. The molecule has 8 nitrogen and oxygen atoms in total. The lowest BCUT2D eigenvalue weighted by molar-refractivity contribution is -0.146. The van der Waals surface area contributed by atoms with Crippen molar-refractivity contribution in [2.75, 3.05) is 13.2 Å². The summed E-state index contributed by atoms with van der Waals surface area (Å²) in [5.41, 5.74) is 2.45. The van der Waals surface area contributed by atoms with Crippen LogP contribution in [-0.4, -0.2) is 48.8 Å². The first-order chi connectivity index (χ1) is 13.6. The Balaban J connectivity index is 1.74. The summed E-state index contributed by atoms with van der Waals surface area (Å²) in [7, 11) is -3.96. The van der Waals surface area contributed by atoms with Crippen LogP contribution >= 0.6 is 0 Å². The van der Waals surface area contributed by atoms with E-state index in [1.165, 1.54) is 13.8 Å². The van der Waals surface area contributed by atoms with Gasteiger partial charge in [0.1, 0.15) is 16.6 Å². The summed E-state index contributed by atoms with van der Waals surface area (Å²) >= 11 is 0. The molecule has 0 bridgehead atoms. The zero-order chi connectivity index (χ0) is 21.3. The van der Waals surface area contributed by atoms with Crippen molar-refractivity contribution in [3.8, 4) is 0 Å². The molecule has 0 spiro atoms. The van der Waals surface area contributed by atoms with Gasteiger partial charge in [0, 0.05) is 12.1 Å². The second kappa shape index (κ2) is 8.08. The van der Waals surface area contributed by atoms with Gasteiger partial charge < -0.3 is 9.26 Å². The van der Waals surface area contributed by atoms with E-state index in [1.807, 2.05) is 26.0 Å². The molecule has 156 valence electrons. The Hall–Kier alpha value is -2.52. The molecule has 9 heteroatoms. The number of benzene rings is 1. The molecule has 0 unspecified atom stereocenters. The van der Waals surface area contributed by atoms with Gasteiger partial charge in [-0.2, -0.15) is 4.31 Å². The summed E-state index contributed by atoms with van der Waals surface area (Å²) in [6, 6.07) is 4.50. The zero-order valence-electron chi connectivity index (χ0n) is 16.9. The summed E-state index contributed by atoms with van der Waals surface area (Å²) in [4.78, 5) is 25.0. The minimum Gasteiger partial charge on any atom is -0.456 e. The number of hydrogen-bond donors (Lipinski definition) is 0. The number of nitrogens with zero attached hydrogens (tertiary/aromatic N) is 2. The second-order valence-corrected chi connectivity index (χ2v) is 9.10. The number of esters is 1. The Morgan fingerprint density at radius 3 is 2.62 bits per heavy atom. The van der Waals surface area contributed by atoms with Gasteiger partial charge >= 0.3 is 5.97 Å². The highest BCUT2D eigenvalue weighted by atomic mass is 32.2. The number of Topliss-reactive ketones (excluding diaryl/α,β-unsaturated/α-hetero) is 1. The van der Waals surface area contributed by atoms with Crippen LogP contribution in [0.2, 0.25) is 0 Å². The molecule has 1 atom stereocenters. The lowest BCUT2D eigenvalue weighted by atomic mass is 10.0. The van der Waals surface area contributed by atoms with Gasteiger partial charge in [0.25, 0.3) is 0 Å². The Morgan fingerprint density at radius 1 is 1.24 bits per heavy atom. The number of aryl methyl sites for hydroxylation is 4. The molecule has 1 saturated heterocycles. The molecular formula is C20H24N2O6S. The van der Waals surface area contributed by atoms with Crippen LogP contribution in [0.3, 0.4) is 0 Å². The topological polar surface area (TPSA) is 107 Å². The van der Waals surface area contributed by atoms with Crippen molar-refractivity contribution in [2.45, 2.75) is 51.5 Å². The summed E-state index contributed by atoms with van der Waals surface area (Å²) < 4.78 is 37.4. The predicted molar refractivity (Wildman–Crippen MR) is 104 cm³/mol. The van der Waals surface area contributed by atoms with Crippen LogP contribution in [0, 0.1) is 27.7 Å². The van der Waals surface area contributed by atoms with E-state index < -0.39 is 28.6 Å². The van der Waals surface area contributed by atoms with Gasteiger partial charge in [0.2, 0.25) is 15.8 Å². The molecule has 0 saturated carbocycles. The number of sulfonamides is 1. The van der Waals surface area contributed by atoms with E-state index in [9.17, 15) is 18.0 Å². The normalized spacial score (nSPS) is 17.4. The molecule has 1 aromatic carbocycles. The van der Waals surface area contributed by atoms with Gasteiger partial charge in [0.05, 0.1) is 0 Å². The number of hydrogen-bond acceptors (Lipinski definition) is 7. The predicted octanol–water partition coefficient (Wildman–Crippen LogP) is 2.49. The molecule has 0 radical (unpaired) electrons. The van der Waals surface area contributed by atoms with E-state index in [4.69, 9.17) is 9.26 Å². The van der Waals surface area contributed by atoms with E-state index in [2.05, 4.69) is 5.16 Å². The smallest absolute Gasteiger partial charge is 0.324 e. The van der Waals surface area contributed by atoms with Crippen molar-refractivity contribution in [2.24, 2.45) is 0 Å². The monoisotopic (exact) mass is 420 g/mol. The highest BCUT2D eigenvalue weighted by Crippen LogP contribution is 2.30. The van der Waals surface area contributed by atoms with Crippen LogP contribution in [0.1, 0.15) is 45.8 Å². The Labute approximate surface area is 169 Å². The fourth-order valence-corrected chi connectivity index (χ4v) is 5.51. The van der Waals surface area contributed by atoms with Crippen LogP contribution in [0.15, 0.2) is 27.6 Å². The fraction of sp³-hybridized carbons (Fsp3) is 0.450. The van der Waals surface area contributed by atoms with E-state index in [0.717, 1.165) is 15.4 Å². The van der Waals surface area contributed by atoms with Crippen LogP contribution in [-0.2, 0) is 19.6 Å². The van der Waals surface area contributed by atoms with Gasteiger partial charge in [-0.25, -0.2) is 8.42 Å². The van der Waals surface area contributed by atoms with E-state index in [-0.39, 0.29) is 28.7 Å². The van der Waals surface area contributed by atoms with Crippen LogP contribution in [0.25, 0.3) is 0 Å². The van der Waals surface area contributed by atoms with E-state index in [0.29, 0.717) is 18.4 Å². The molecular weight excluding hydrogens is 396 g/mol. The van der Waals surface area contributed by atoms with E-state index >= 15 is 0 Å². The average molecular weight is 420 g/mol. The van der Waals surface area contributed by atoms with Crippen molar-refractivity contribution in [3.63, 3.8) is 0 Å². The average Bonchev–Trinajstić information content (AvgIpc) is 3.29. The van der Waals surface area contributed by atoms with Gasteiger partial charge in [-0.05, 0) is 52.2 Å². The number of carbonyl (C=O) groups excluding carboxylic acids is 2. The fourth-order valence-electron chi connectivity index (χ4n) is 3.57. The van der Waals surface area contributed by atoms with Gasteiger partial charge in [-0.3, -0.25) is 9.59 Å². The molecule has 2 aromatic rings. The number of ketones is 1. The molecule has 3 rings (SSSR count). The van der Waals surface area contributed by atoms with Crippen molar-refractivity contribution in [3.05, 3.63) is 46.3 Å². The van der Waals surface area contributed by atoms with Gasteiger partial charge in [-0.15, -0.1) is 0 Å². The molecule has 1 aliphatic heterocycles. The summed E-state index contributed by atoms with van der Waals surface area (Å²) in [5, 5.41) is 3.69. The standard InChI is InChI=1S/C20H24N2O6S/c1-12-7-8-13(2)16(10-12)18(23)11-27-20(24)17-6-5-9-22(17)29(25,26)19-14(3)21-28-15(19)4/h7-8,10,17H,5-6,9,11H2,1-4H3/t17-/m0/s1. The van der Waals surface area contributed by atoms with Gasteiger partial charge in [0.15, 0.2) is 12.4 Å². The highest BCUT2D eigenvalue weighted by Gasteiger charge is 2.42.